The van der Waals surface area contributed by atoms with Crippen LogP contribution in [-0.2, 0) is 4.79 Å². The topological polar surface area (TPSA) is 63.5 Å². The van der Waals surface area contributed by atoms with E-state index in [4.69, 9.17) is 0 Å². The van der Waals surface area contributed by atoms with E-state index in [-0.39, 0.29) is 11.5 Å². The lowest BCUT2D eigenvalue weighted by molar-refractivity contribution is -0.384. The summed E-state index contributed by atoms with van der Waals surface area (Å²) in [5, 5.41) is 10.6. The number of rotatable bonds is 2. The van der Waals surface area contributed by atoms with Gasteiger partial charge in [0.1, 0.15) is 0 Å². The number of benzene rings is 1. The number of nitrogens with zero attached hydrogens (tertiary/aromatic N) is 2. The molecule has 1 aromatic rings. The molecule has 5 nitrogen and oxygen atoms in total. The van der Waals surface area contributed by atoms with E-state index in [9.17, 15) is 14.9 Å². The fourth-order valence-corrected chi connectivity index (χ4v) is 2.28. The van der Waals surface area contributed by atoms with E-state index in [1.807, 2.05) is 29.3 Å². The van der Waals surface area contributed by atoms with Crippen LogP contribution in [0.25, 0.3) is 5.57 Å². The average molecular weight is 254 g/mol. The second-order valence-electron chi connectivity index (χ2n) is 4.32. The number of non-ortho nitro benzene ring substituents is 1. The third-order valence-electron chi connectivity index (χ3n) is 3.16. The zero-order valence-corrected chi connectivity index (χ0v) is 9.95. The Morgan fingerprint density at radius 3 is 2.58 bits per heavy atom. The first kappa shape index (κ1) is 11.4. The van der Waals surface area contributed by atoms with Gasteiger partial charge in [0, 0.05) is 18.3 Å². The van der Waals surface area contributed by atoms with Crippen molar-refractivity contribution < 1.29 is 9.72 Å². The first-order chi connectivity index (χ1) is 9.16. The van der Waals surface area contributed by atoms with Gasteiger partial charge in [-0.05, 0) is 29.8 Å². The fourth-order valence-electron chi connectivity index (χ4n) is 2.28. The van der Waals surface area contributed by atoms with Gasteiger partial charge < -0.3 is 4.90 Å². The lowest BCUT2D eigenvalue weighted by atomic mass is 10.0. The van der Waals surface area contributed by atoms with Crippen molar-refractivity contribution in [2.24, 2.45) is 0 Å². The van der Waals surface area contributed by atoms with Crippen LogP contribution in [0.3, 0.4) is 0 Å². The maximum Gasteiger partial charge on any atom is 0.269 e. The molecule has 2 heterocycles. The van der Waals surface area contributed by atoms with Crippen LogP contribution in [0.15, 0.2) is 54.4 Å². The number of hydrogen-bond acceptors (Lipinski definition) is 4. The molecule has 94 valence electrons. The maximum atomic E-state index is 12.1. The minimum Gasteiger partial charge on any atom is -0.340 e. The molecular weight excluding hydrogens is 244 g/mol. The number of fused-ring (bicyclic) bond motifs is 1. The Bertz CT molecular complexity index is 654. The molecule has 0 fully saturated rings. The molecule has 0 atom stereocenters. The van der Waals surface area contributed by atoms with Crippen molar-refractivity contribution in [2.45, 2.75) is 0 Å². The van der Waals surface area contributed by atoms with Crippen molar-refractivity contribution >= 4 is 17.0 Å². The Labute approximate surface area is 109 Å². The van der Waals surface area contributed by atoms with Gasteiger partial charge in [-0.2, -0.15) is 0 Å². The molecule has 2 aliphatic heterocycles. The lowest BCUT2D eigenvalue weighted by Gasteiger charge is -2.16. The number of hydrogen-bond donors (Lipinski definition) is 0. The normalized spacial score (nSPS) is 17.1. The molecule has 0 radical (unpaired) electrons. The van der Waals surface area contributed by atoms with Crippen LogP contribution in [0.5, 0.6) is 0 Å². The molecular formula is C14H10N2O3. The van der Waals surface area contributed by atoms with Crippen LogP contribution in [0.4, 0.5) is 5.69 Å². The number of carbonyl (C=O) groups excluding carboxylic acids is 1. The monoisotopic (exact) mass is 254 g/mol. The number of Topliss-reactive ketones (excluding diaryl/α,β-unsaturated/α-hetero) is 1. The smallest absolute Gasteiger partial charge is 0.269 e. The Morgan fingerprint density at radius 1 is 1.16 bits per heavy atom. The molecule has 0 N–H and O–H groups in total. The summed E-state index contributed by atoms with van der Waals surface area (Å²) < 4.78 is 0. The number of ketones is 1. The van der Waals surface area contributed by atoms with Gasteiger partial charge >= 0.3 is 0 Å². The summed E-state index contributed by atoms with van der Waals surface area (Å²) in [6.07, 6.45) is 7.47. The van der Waals surface area contributed by atoms with Gasteiger partial charge in [-0.1, -0.05) is 6.08 Å². The summed E-state index contributed by atoms with van der Waals surface area (Å²) in [6.45, 7) is 0.322. The molecule has 0 spiro atoms. The predicted octanol–water partition coefficient (Wildman–Crippen LogP) is 2.27. The van der Waals surface area contributed by atoms with Crippen molar-refractivity contribution in [3.63, 3.8) is 0 Å². The Balaban J connectivity index is 2.05. The van der Waals surface area contributed by atoms with Crippen molar-refractivity contribution in [2.75, 3.05) is 6.54 Å². The highest BCUT2D eigenvalue weighted by atomic mass is 16.6. The zero-order valence-electron chi connectivity index (χ0n) is 9.95. The standard InChI is InChI=1S/C14H10N2O3/c17-13-9-15-8-2-1-3-12(15)14(13)10-4-6-11(7-5-10)16(18)19/h1-8H,9H2. The largest absolute Gasteiger partial charge is 0.340 e. The van der Waals surface area contributed by atoms with Gasteiger partial charge in [0.15, 0.2) is 5.78 Å². The second-order valence-corrected chi connectivity index (χ2v) is 4.32. The zero-order chi connectivity index (χ0) is 13.4. The average Bonchev–Trinajstić information content (AvgIpc) is 2.74. The minimum absolute atomic E-state index is 0.0238. The minimum atomic E-state index is -0.451. The van der Waals surface area contributed by atoms with E-state index in [1.54, 1.807) is 12.1 Å². The van der Waals surface area contributed by atoms with Gasteiger partial charge in [0.05, 0.1) is 22.7 Å². The summed E-state index contributed by atoms with van der Waals surface area (Å²) in [7, 11) is 0. The van der Waals surface area contributed by atoms with Crippen molar-refractivity contribution in [1.29, 1.82) is 0 Å². The van der Waals surface area contributed by atoms with Crippen LogP contribution >= 0.6 is 0 Å². The molecule has 0 aromatic heterocycles. The molecule has 0 saturated carbocycles. The van der Waals surface area contributed by atoms with Crippen LogP contribution in [-0.4, -0.2) is 22.2 Å². The molecule has 0 unspecified atom stereocenters. The maximum absolute atomic E-state index is 12.1. The highest BCUT2D eigenvalue weighted by Crippen LogP contribution is 2.32. The van der Waals surface area contributed by atoms with Gasteiger partial charge in [-0.25, -0.2) is 0 Å². The van der Waals surface area contributed by atoms with Crippen molar-refractivity contribution in [3.05, 3.63) is 70.1 Å². The Hall–Kier alpha value is -2.69. The van der Waals surface area contributed by atoms with Crippen LogP contribution in [0, 0.1) is 10.1 Å². The van der Waals surface area contributed by atoms with Crippen molar-refractivity contribution in [1.82, 2.24) is 4.90 Å². The van der Waals surface area contributed by atoms with E-state index < -0.39 is 4.92 Å². The predicted molar refractivity (Wildman–Crippen MR) is 70.0 cm³/mol. The quantitative estimate of drug-likeness (QED) is 0.600. The molecule has 5 heteroatoms. The number of nitro benzene ring substituents is 1. The van der Waals surface area contributed by atoms with Crippen LogP contribution in [0.2, 0.25) is 0 Å². The Kier molecular flexibility index (Phi) is 2.52. The molecule has 2 aliphatic rings. The van der Waals surface area contributed by atoms with Gasteiger partial charge in [0.2, 0.25) is 0 Å². The van der Waals surface area contributed by atoms with Gasteiger partial charge in [-0.3, -0.25) is 14.9 Å². The SMILES string of the molecule is O=C1CN2C=CC=CC2=C1c1ccc([N+](=O)[O-])cc1. The molecule has 0 aliphatic carbocycles. The number of carbonyl (C=O) groups is 1. The molecule has 1 aromatic carbocycles. The third kappa shape index (κ3) is 1.85. The first-order valence-corrected chi connectivity index (χ1v) is 5.80. The van der Waals surface area contributed by atoms with E-state index in [0.29, 0.717) is 17.7 Å². The molecule has 3 rings (SSSR count). The second kappa shape index (κ2) is 4.20. The molecule has 0 amide bonds. The van der Waals surface area contributed by atoms with Gasteiger partial charge in [-0.15, -0.1) is 0 Å². The summed E-state index contributed by atoms with van der Waals surface area (Å²) in [5.74, 6) is 0.0278. The highest BCUT2D eigenvalue weighted by Gasteiger charge is 2.29. The molecule has 19 heavy (non-hydrogen) atoms. The fraction of sp³-hybridized carbons (Fsp3) is 0.0714. The summed E-state index contributed by atoms with van der Waals surface area (Å²) in [5.41, 5.74) is 2.21. The van der Waals surface area contributed by atoms with E-state index in [0.717, 1.165) is 5.70 Å². The molecule has 0 bridgehead atoms. The van der Waals surface area contributed by atoms with E-state index in [2.05, 4.69) is 0 Å². The van der Waals surface area contributed by atoms with E-state index >= 15 is 0 Å². The summed E-state index contributed by atoms with van der Waals surface area (Å²) in [6, 6.07) is 6.07. The third-order valence-corrected chi connectivity index (χ3v) is 3.16. The summed E-state index contributed by atoms with van der Waals surface area (Å²) in [4.78, 5) is 24.1. The molecule has 0 saturated heterocycles. The Morgan fingerprint density at radius 2 is 1.89 bits per heavy atom. The van der Waals surface area contributed by atoms with Gasteiger partial charge in [0.25, 0.3) is 5.69 Å². The number of nitro groups is 1. The summed E-state index contributed by atoms with van der Waals surface area (Å²) >= 11 is 0. The number of allylic oxidation sites excluding steroid dienone is 3. The van der Waals surface area contributed by atoms with Crippen molar-refractivity contribution in [3.8, 4) is 0 Å². The lowest BCUT2D eigenvalue weighted by Crippen LogP contribution is -2.15. The first-order valence-electron chi connectivity index (χ1n) is 5.80. The van der Waals surface area contributed by atoms with Crippen LogP contribution in [0.1, 0.15) is 5.56 Å². The highest BCUT2D eigenvalue weighted by molar-refractivity contribution is 6.25. The van der Waals surface area contributed by atoms with Crippen LogP contribution < -0.4 is 0 Å². The van der Waals surface area contributed by atoms with E-state index in [1.165, 1.54) is 12.1 Å².